The molecule has 0 heterocycles. The fourth-order valence-electron chi connectivity index (χ4n) is 3.34. The highest BCUT2D eigenvalue weighted by molar-refractivity contribution is 7.91. The Morgan fingerprint density at radius 2 is 1.73 bits per heavy atom. The van der Waals surface area contributed by atoms with Crippen LogP contribution in [0.15, 0.2) is 76.5 Å². The van der Waals surface area contributed by atoms with Gasteiger partial charge in [0.25, 0.3) is 5.91 Å². The number of nitrogens with one attached hydrogen (secondary N) is 1. The van der Waals surface area contributed by atoms with Crippen molar-refractivity contribution in [3.05, 3.63) is 88.4 Å². The predicted octanol–water partition coefficient (Wildman–Crippen LogP) is 3.23. The van der Waals surface area contributed by atoms with Gasteiger partial charge in [-0.15, -0.1) is 0 Å². The van der Waals surface area contributed by atoms with E-state index < -0.39 is 21.8 Å². The molecule has 0 spiro atoms. The molecule has 0 saturated carbocycles. The maximum absolute atomic E-state index is 12.9. The molecule has 3 aromatic carbocycles. The third-order valence-corrected chi connectivity index (χ3v) is 7.17. The van der Waals surface area contributed by atoms with Crippen LogP contribution in [0.1, 0.15) is 34.0 Å². The van der Waals surface area contributed by atoms with Gasteiger partial charge in [-0.2, -0.15) is 0 Å². The monoisotopic (exact) mass is 488 g/mol. The summed E-state index contributed by atoms with van der Waals surface area (Å²) < 4.78 is 25.7. The van der Waals surface area contributed by atoms with Gasteiger partial charge in [0.1, 0.15) is 5.75 Å². The number of aliphatic hydroxyl groups is 1. The van der Waals surface area contributed by atoms with Crippen molar-refractivity contribution in [2.75, 3.05) is 13.1 Å². The van der Waals surface area contributed by atoms with Gasteiger partial charge < -0.3 is 21.3 Å². The number of halogens is 1. The van der Waals surface area contributed by atoms with Gasteiger partial charge in [0.2, 0.25) is 9.84 Å². The Hall–Kier alpha value is -2.91. The summed E-state index contributed by atoms with van der Waals surface area (Å²) in [7, 11) is -3.87. The second-order valence-electron chi connectivity index (χ2n) is 7.57. The maximum atomic E-state index is 12.9. The van der Waals surface area contributed by atoms with Crippen LogP contribution in [0.3, 0.4) is 0 Å². The third-order valence-electron chi connectivity index (χ3n) is 5.17. The van der Waals surface area contributed by atoms with E-state index in [0.717, 1.165) is 36.1 Å². The Bertz CT molecular complexity index is 1230. The first-order valence-corrected chi connectivity index (χ1v) is 12.2. The van der Waals surface area contributed by atoms with Gasteiger partial charge >= 0.3 is 0 Å². The summed E-state index contributed by atoms with van der Waals surface area (Å²) in [6.45, 7) is 1.08. The summed E-state index contributed by atoms with van der Waals surface area (Å²) in [5.74, 6) is -1.28. The van der Waals surface area contributed by atoms with Crippen molar-refractivity contribution in [1.29, 1.82) is 0 Å². The smallest absolute Gasteiger partial charge is 0.252 e. The molecule has 174 valence electrons. The van der Waals surface area contributed by atoms with Crippen LogP contribution in [0.5, 0.6) is 5.75 Å². The Morgan fingerprint density at radius 1 is 1.03 bits per heavy atom. The van der Waals surface area contributed by atoms with Crippen LogP contribution in [0, 0.1) is 0 Å². The topological polar surface area (TPSA) is 130 Å². The molecule has 7 nitrogen and oxygen atoms in total. The van der Waals surface area contributed by atoms with Crippen molar-refractivity contribution in [2.45, 2.75) is 28.7 Å². The molecule has 3 rings (SSSR count). The minimum atomic E-state index is -3.87. The van der Waals surface area contributed by atoms with E-state index in [-0.39, 0.29) is 21.1 Å². The first kappa shape index (κ1) is 24.7. The number of hydrogen-bond acceptors (Lipinski definition) is 6. The molecule has 0 unspecified atom stereocenters. The number of aromatic hydroxyl groups is 1. The molecular formula is C24H25ClN2O5S. The quantitative estimate of drug-likeness (QED) is 0.324. The number of sulfone groups is 1. The SMILES string of the molecule is NC(=O)c1cc(S(=O)(=O)c2ccc(CCCNC[C@@H](O)c3cccc(Cl)c3)cc2)ccc1O. The molecule has 9 heteroatoms. The molecule has 33 heavy (non-hydrogen) atoms. The Kier molecular flexibility index (Phi) is 8.10. The van der Waals surface area contributed by atoms with E-state index in [4.69, 9.17) is 17.3 Å². The Morgan fingerprint density at radius 3 is 2.39 bits per heavy atom. The molecule has 1 atom stereocenters. The lowest BCUT2D eigenvalue weighted by atomic mass is 10.1. The highest BCUT2D eigenvalue weighted by Crippen LogP contribution is 2.26. The number of hydrogen-bond donors (Lipinski definition) is 4. The highest BCUT2D eigenvalue weighted by Gasteiger charge is 2.20. The number of aliphatic hydroxyl groups excluding tert-OH is 1. The third kappa shape index (κ3) is 6.33. The number of carbonyl (C=O) groups is 1. The van der Waals surface area contributed by atoms with Gasteiger partial charge in [-0.25, -0.2) is 8.42 Å². The van der Waals surface area contributed by atoms with E-state index >= 15 is 0 Å². The molecule has 0 radical (unpaired) electrons. The number of aryl methyl sites for hydroxylation is 1. The lowest BCUT2D eigenvalue weighted by molar-refractivity contribution is 0.0997. The molecular weight excluding hydrogens is 464 g/mol. The molecule has 1 amide bonds. The van der Waals surface area contributed by atoms with Crippen LogP contribution in [0.4, 0.5) is 0 Å². The van der Waals surface area contributed by atoms with E-state index in [1.165, 1.54) is 18.2 Å². The number of rotatable bonds is 10. The zero-order chi connectivity index (χ0) is 24.0. The van der Waals surface area contributed by atoms with E-state index in [1.807, 2.05) is 6.07 Å². The van der Waals surface area contributed by atoms with E-state index in [0.29, 0.717) is 18.1 Å². The summed E-state index contributed by atoms with van der Waals surface area (Å²) in [5.41, 5.74) is 6.66. The van der Waals surface area contributed by atoms with Gasteiger partial charge in [-0.3, -0.25) is 4.79 Å². The minimum absolute atomic E-state index is 0.0788. The molecule has 0 saturated heterocycles. The van der Waals surface area contributed by atoms with Crippen LogP contribution >= 0.6 is 11.6 Å². The standard InChI is InChI=1S/C24H25ClN2O5S/c25-18-5-1-4-17(13-18)23(29)15-27-12-2-3-16-6-8-19(9-7-16)33(31,32)20-10-11-22(28)21(14-20)24(26)30/h1,4-11,13-14,23,27-29H,2-3,12,15H2,(H2,26,30)/t23-/m1/s1. The molecule has 0 bridgehead atoms. The zero-order valence-corrected chi connectivity index (χ0v) is 19.3. The first-order valence-electron chi connectivity index (χ1n) is 10.3. The average Bonchev–Trinajstić information content (AvgIpc) is 2.79. The van der Waals surface area contributed by atoms with Gasteiger partial charge in [0, 0.05) is 11.6 Å². The molecule has 5 N–H and O–H groups in total. The molecule has 0 aliphatic carbocycles. The molecule has 0 aliphatic rings. The van der Waals surface area contributed by atoms with Crippen LogP contribution in [-0.4, -0.2) is 37.6 Å². The first-order chi connectivity index (χ1) is 15.7. The zero-order valence-electron chi connectivity index (χ0n) is 17.7. The van der Waals surface area contributed by atoms with Crippen LogP contribution in [0.2, 0.25) is 5.02 Å². The van der Waals surface area contributed by atoms with Gasteiger partial charge in [-0.1, -0.05) is 35.9 Å². The lowest BCUT2D eigenvalue weighted by Gasteiger charge is -2.12. The Labute approximate surface area is 197 Å². The number of nitrogens with two attached hydrogens (primary N) is 1. The summed E-state index contributed by atoms with van der Waals surface area (Å²) in [6, 6.07) is 17.0. The van der Waals surface area contributed by atoms with Gasteiger partial charge in [-0.05, 0) is 73.0 Å². The van der Waals surface area contributed by atoms with Crippen molar-refractivity contribution in [2.24, 2.45) is 5.73 Å². The minimum Gasteiger partial charge on any atom is -0.507 e. The van der Waals surface area contributed by atoms with Crippen LogP contribution < -0.4 is 11.1 Å². The molecule has 3 aromatic rings. The Balaban J connectivity index is 1.54. The average molecular weight is 489 g/mol. The molecule has 0 aliphatic heterocycles. The summed E-state index contributed by atoms with van der Waals surface area (Å²) in [5, 5.41) is 23.7. The summed E-state index contributed by atoms with van der Waals surface area (Å²) in [6.07, 6.45) is 0.878. The van der Waals surface area contributed by atoms with Crippen LogP contribution in [0.25, 0.3) is 0 Å². The lowest BCUT2D eigenvalue weighted by Crippen LogP contribution is -2.22. The van der Waals surface area contributed by atoms with Crippen molar-refractivity contribution in [1.82, 2.24) is 5.32 Å². The number of amides is 1. The molecule has 0 fully saturated rings. The maximum Gasteiger partial charge on any atom is 0.252 e. The van der Waals surface area contributed by atoms with E-state index in [9.17, 15) is 23.4 Å². The van der Waals surface area contributed by atoms with Crippen LogP contribution in [-0.2, 0) is 16.3 Å². The van der Waals surface area contributed by atoms with Crippen molar-refractivity contribution in [3.63, 3.8) is 0 Å². The fourth-order valence-corrected chi connectivity index (χ4v) is 4.82. The summed E-state index contributed by atoms with van der Waals surface area (Å²) in [4.78, 5) is 11.4. The normalized spacial score (nSPS) is 12.4. The largest absolute Gasteiger partial charge is 0.507 e. The second kappa shape index (κ2) is 10.8. The number of phenols is 1. The van der Waals surface area contributed by atoms with E-state index in [2.05, 4.69) is 5.32 Å². The van der Waals surface area contributed by atoms with Gasteiger partial charge in [0.05, 0.1) is 21.5 Å². The van der Waals surface area contributed by atoms with Crippen molar-refractivity contribution < 1.29 is 23.4 Å². The number of benzene rings is 3. The number of primary amides is 1. The number of carbonyl (C=O) groups excluding carboxylic acids is 1. The van der Waals surface area contributed by atoms with Gasteiger partial charge in [0.15, 0.2) is 0 Å². The van der Waals surface area contributed by atoms with Crippen molar-refractivity contribution >= 4 is 27.3 Å². The summed E-state index contributed by atoms with van der Waals surface area (Å²) >= 11 is 5.94. The van der Waals surface area contributed by atoms with E-state index in [1.54, 1.807) is 30.3 Å². The highest BCUT2D eigenvalue weighted by atomic mass is 35.5. The van der Waals surface area contributed by atoms with Crippen molar-refractivity contribution in [3.8, 4) is 5.75 Å². The predicted molar refractivity (Wildman–Crippen MR) is 126 cm³/mol. The fraction of sp³-hybridized carbons (Fsp3) is 0.208. The molecule has 0 aromatic heterocycles. The second-order valence-corrected chi connectivity index (χ2v) is 9.96.